The molecule has 1 rings (SSSR count). The monoisotopic (exact) mass is 242 g/mol. The van der Waals surface area contributed by atoms with Gasteiger partial charge in [-0.3, -0.25) is 0 Å². The molecule has 0 aromatic carbocycles. The second kappa shape index (κ2) is 6.80. The zero-order chi connectivity index (χ0) is 12.8. The fourth-order valence-electron chi connectivity index (χ4n) is 1.60. The number of aliphatic hydroxyl groups is 2. The molecule has 0 aliphatic carbocycles. The minimum absolute atomic E-state index is 0.433. The van der Waals surface area contributed by atoms with E-state index in [1.54, 1.807) is 0 Å². The average molecular weight is 242 g/mol. The summed E-state index contributed by atoms with van der Waals surface area (Å²) in [5.41, 5.74) is 0. The Morgan fingerprint density at radius 2 is 1.82 bits per heavy atom. The van der Waals surface area contributed by atoms with Crippen molar-refractivity contribution >= 4 is 15.3 Å². The van der Waals surface area contributed by atoms with Crippen LogP contribution >= 0.6 is 0 Å². The van der Waals surface area contributed by atoms with E-state index < -0.39 is 37.3 Å². The number of methoxy groups -OCH3 is 1. The van der Waals surface area contributed by atoms with Crippen molar-refractivity contribution in [3.63, 3.8) is 0 Å². The number of hydrogen-bond acceptors (Lipinski definition) is 8. The number of hydrogen-bond donors (Lipinski definition) is 2. The van der Waals surface area contributed by atoms with E-state index in [1.165, 1.54) is 7.11 Å². The summed E-state index contributed by atoms with van der Waals surface area (Å²) in [6, 6.07) is 0. The first-order chi connectivity index (χ1) is 8.19. The van der Waals surface area contributed by atoms with Crippen molar-refractivity contribution < 1.29 is 29.4 Å². The number of rotatable bonds is 6. The molecule has 1 aliphatic rings. The molecule has 92 valence electrons. The van der Waals surface area contributed by atoms with Gasteiger partial charge in [-0.15, -0.1) is 0 Å². The fraction of sp³-hybridized carbons (Fsp3) is 1.00. The Morgan fingerprint density at radius 1 is 1.24 bits per heavy atom. The van der Waals surface area contributed by atoms with E-state index >= 15 is 0 Å². The SMILES string of the molecule is [B]=NOC1[C@H](OC)OC(CO)[C@H](O)[C@@H]1ON=[B]. The van der Waals surface area contributed by atoms with Crippen LogP contribution in [0.5, 0.6) is 0 Å². The van der Waals surface area contributed by atoms with Gasteiger partial charge < -0.3 is 0 Å². The molecule has 0 aromatic heterocycles. The summed E-state index contributed by atoms with van der Waals surface area (Å²) >= 11 is 0. The first kappa shape index (κ1) is 14.2. The van der Waals surface area contributed by atoms with Gasteiger partial charge in [-0.2, -0.15) is 0 Å². The van der Waals surface area contributed by atoms with Crippen LogP contribution in [0.2, 0.25) is 0 Å². The van der Waals surface area contributed by atoms with Crippen LogP contribution in [0.1, 0.15) is 0 Å². The van der Waals surface area contributed by atoms with Gasteiger partial charge in [0.1, 0.15) is 0 Å². The fourth-order valence-corrected chi connectivity index (χ4v) is 1.60. The maximum absolute atomic E-state index is 9.83. The van der Waals surface area contributed by atoms with Gasteiger partial charge in [0, 0.05) is 0 Å². The molecule has 0 bridgehead atoms. The van der Waals surface area contributed by atoms with Gasteiger partial charge in [0.15, 0.2) is 0 Å². The Morgan fingerprint density at radius 3 is 2.29 bits per heavy atom. The first-order valence-corrected chi connectivity index (χ1v) is 4.78. The van der Waals surface area contributed by atoms with Crippen LogP contribution < -0.4 is 0 Å². The third-order valence-corrected chi connectivity index (χ3v) is 2.40. The molecule has 2 N–H and O–H groups in total. The third kappa shape index (κ3) is 3.09. The molecule has 2 unspecified atom stereocenters. The average Bonchev–Trinajstić information content (AvgIpc) is 2.34. The number of ether oxygens (including phenoxy) is 2. The molecule has 0 saturated carbocycles. The summed E-state index contributed by atoms with van der Waals surface area (Å²) in [7, 11) is 11.1. The van der Waals surface area contributed by atoms with Crippen molar-refractivity contribution in [3.8, 4) is 0 Å². The zero-order valence-corrected chi connectivity index (χ0v) is 9.17. The summed E-state index contributed by atoms with van der Waals surface area (Å²) in [4.78, 5) is 9.55. The van der Waals surface area contributed by atoms with Gasteiger partial charge in [0.05, 0.1) is 0 Å². The van der Waals surface area contributed by atoms with Gasteiger partial charge in [-0.25, -0.2) is 0 Å². The number of aliphatic hydroxyl groups excluding tert-OH is 2. The van der Waals surface area contributed by atoms with E-state index in [1.807, 2.05) is 0 Å². The predicted octanol–water partition coefficient (Wildman–Crippen LogP) is -1.98. The van der Waals surface area contributed by atoms with E-state index in [4.69, 9.17) is 39.5 Å². The summed E-state index contributed by atoms with van der Waals surface area (Å²) < 4.78 is 10.2. The second-order valence-electron chi connectivity index (χ2n) is 3.30. The Labute approximate surface area is 100.0 Å². The molecule has 10 heteroatoms. The van der Waals surface area contributed by atoms with Crippen molar-refractivity contribution in [2.45, 2.75) is 30.7 Å². The molecule has 17 heavy (non-hydrogen) atoms. The van der Waals surface area contributed by atoms with E-state index in [9.17, 15) is 5.11 Å². The molecule has 5 atom stereocenters. The van der Waals surface area contributed by atoms with Crippen LogP contribution in [-0.4, -0.2) is 69.9 Å². The second-order valence-corrected chi connectivity index (χ2v) is 3.30. The Hall–Kier alpha value is -0.830. The molecular weight excluding hydrogens is 230 g/mol. The normalized spacial score (nSPS) is 37.1. The molecule has 2 radical (unpaired) electrons. The summed E-state index contributed by atoms with van der Waals surface area (Å²) in [5.74, 6) is 0. The van der Waals surface area contributed by atoms with Gasteiger partial charge in [0.25, 0.3) is 0 Å². The standard InChI is InChI=1S/C7H12B2N2O6/c1-14-7-6(17-11-9)5(16-10-8)4(13)3(2-12)15-7/h3-7,12-13H,2H2,1H3/t3?,4-,5-,6?,7+/m0/s1. The molecule has 1 saturated heterocycles. The van der Waals surface area contributed by atoms with Crippen LogP contribution in [0.4, 0.5) is 0 Å². The Bertz CT molecular complexity index is 271. The maximum atomic E-state index is 9.83. The first-order valence-electron chi connectivity index (χ1n) is 4.78. The Kier molecular flexibility index (Phi) is 5.69. The molecule has 8 nitrogen and oxygen atoms in total. The Balaban J connectivity index is 2.87. The summed E-state index contributed by atoms with van der Waals surface area (Å²) in [6.07, 6.45) is -5.05. The third-order valence-electron chi connectivity index (χ3n) is 2.40. The molecule has 0 aromatic rings. The van der Waals surface area contributed by atoms with Gasteiger partial charge >= 0.3 is 99.2 Å². The van der Waals surface area contributed by atoms with Crippen LogP contribution in [-0.2, 0) is 19.1 Å². The summed E-state index contributed by atoms with van der Waals surface area (Å²) in [6.45, 7) is -0.433. The molecule has 1 aliphatic heterocycles. The van der Waals surface area contributed by atoms with Gasteiger partial charge in [-0.05, 0) is 0 Å². The van der Waals surface area contributed by atoms with E-state index in [0.717, 1.165) is 0 Å². The van der Waals surface area contributed by atoms with E-state index in [0.29, 0.717) is 0 Å². The predicted molar refractivity (Wildman–Crippen MR) is 54.9 cm³/mol. The summed E-state index contributed by atoms with van der Waals surface area (Å²) in [5, 5.41) is 24.8. The molecular formula is C7H12B2N2O6. The van der Waals surface area contributed by atoms with E-state index in [-0.39, 0.29) is 0 Å². The van der Waals surface area contributed by atoms with Crippen LogP contribution in [0.15, 0.2) is 10.1 Å². The minimum atomic E-state index is -1.22. The zero-order valence-electron chi connectivity index (χ0n) is 9.17. The van der Waals surface area contributed by atoms with Crippen molar-refractivity contribution in [1.29, 1.82) is 0 Å². The van der Waals surface area contributed by atoms with Gasteiger partial charge in [-0.1, -0.05) is 0 Å². The number of nitrogens with zero attached hydrogens (tertiary/aromatic N) is 2. The topological polar surface area (TPSA) is 102 Å². The molecule has 1 fully saturated rings. The quantitative estimate of drug-likeness (QED) is 0.413. The van der Waals surface area contributed by atoms with Crippen molar-refractivity contribution in [2.75, 3.05) is 13.7 Å². The van der Waals surface area contributed by atoms with Gasteiger partial charge in [0.2, 0.25) is 0 Å². The molecule has 1 heterocycles. The van der Waals surface area contributed by atoms with Crippen molar-refractivity contribution in [1.82, 2.24) is 0 Å². The van der Waals surface area contributed by atoms with Crippen molar-refractivity contribution in [2.24, 2.45) is 10.1 Å². The van der Waals surface area contributed by atoms with E-state index in [2.05, 4.69) is 10.1 Å². The molecule has 0 spiro atoms. The molecule has 0 amide bonds. The van der Waals surface area contributed by atoms with Crippen LogP contribution in [0, 0.1) is 0 Å². The van der Waals surface area contributed by atoms with Crippen LogP contribution in [0.25, 0.3) is 0 Å². The van der Waals surface area contributed by atoms with Crippen molar-refractivity contribution in [3.05, 3.63) is 0 Å². The van der Waals surface area contributed by atoms with Crippen LogP contribution in [0.3, 0.4) is 0 Å².